The predicted octanol–water partition coefficient (Wildman–Crippen LogP) is 2.46. The van der Waals surface area contributed by atoms with Crippen LogP contribution in [-0.4, -0.2) is 32.3 Å². The molecule has 3 aromatic heterocycles. The van der Waals surface area contributed by atoms with Gasteiger partial charge in [-0.05, 0) is 24.3 Å². The fourth-order valence-electron chi connectivity index (χ4n) is 2.05. The molecule has 0 unspecified atom stereocenters. The zero-order valence-corrected chi connectivity index (χ0v) is 14.3. The maximum Gasteiger partial charge on any atom is 0.417 e. The van der Waals surface area contributed by atoms with Gasteiger partial charge in [0.25, 0.3) is 0 Å². The van der Waals surface area contributed by atoms with Crippen molar-refractivity contribution in [1.29, 1.82) is 0 Å². The van der Waals surface area contributed by atoms with Crippen molar-refractivity contribution in [2.24, 2.45) is 0 Å². The fraction of sp³-hybridized carbons (Fsp3) is 0.200. The highest BCUT2D eigenvalue weighted by Crippen LogP contribution is 2.30. The number of amides is 3. The molecule has 0 saturated heterocycles. The van der Waals surface area contributed by atoms with Gasteiger partial charge in [0.2, 0.25) is 5.91 Å². The molecule has 3 amide bonds. The number of urea groups is 1. The van der Waals surface area contributed by atoms with E-state index in [4.69, 9.17) is 4.42 Å². The Balaban J connectivity index is 1.56. The maximum atomic E-state index is 12.8. The summed E-state index contributed by atoms with van der Waals surface area (Å²) in [6.07, 6.45) is -2.21. The van der Waals surface area contributed by atoms with Crippen LogP contribution in [0.5, 0.6) is 0 Å². The number of alkyl halides is 3. The van der Waals surface area contributed by atoms with E-state index in [-0.39, 0.29) is 23.1 Å². The first-order valence-corrected chi connectivity index (χ1v) is 8.46. The Hall–Kier alpha value is -3.02. The smallest absolute Gasteiger partial charge is 0.417 e. The number of fused-ring (bicyclic) bond motifs is 1. The van der Waals surface area contributed by atoms with Crippen LogP contribution in [0.1, 0.15) is 11.3 Å². The Morgan fingerprint density at radius 2 is 2.04 bits per heavy atom. The van der Waals surface area contributed by atoms with E-state index in [0.29, 0.717) is 5.76 Å². The largest absolute Gasteiger partial charge is 0.467 e. The molecule has 3 heterocycles. The van der Waals surface area contributed by atoms with E-state index >= 15 is 0 Å². The van der Waals surface area contributed by atoms with Gasteiger partial charge in [-0.15, -0.1) is 10.2 Å². The number of aromatic nitrogens is 3. The third-order valence-electron chi connectivity index (χ3n) is 3.29. The number of imide groups is 1. The van der Waals surface area contributed by atoms with Gasteiger partial charge in [0.15, 0.2) is 10.8 Å². The molecular formula is C15H12F3N5O3S. The number of hydrogen-bond acceptors (Lipinski definition) is 6. The van der Waals surface area contributed by atoms with Crippen LogP contribution < -0.4 is 10.6 Å². The van der Waals surface area contributed by atoms with E-state index in [0.717, 1.165) is 28.4 Å². The Morgan fingerprint density at radius 3 is 2.74 bits per heavy atom. The number of halogens is 3. The lowest BCUT2D eigenvalue weighted by Crippen LogP contribution is -2.39. The van der Waals surface area contributed by atoms with Gasteiger partial charge in [0.1, 0.15) is 5.76 Å². The van der Waals surface area contributed by atoms with Crippen molar-refractivity contribution in [2.75, 3.05) is 5.75 Å². The number of nitrogens with one attached hydrogen (secondary N) is 2. The molecule has 2 N–H and O–H groups in total. The van der Waals surface area contributed by atoms with Crippen molar-refractivity contribution in [3.63, 3.8) is 0 Å². The van der Waals surface area contributed by atoms with E-state index in [1.807, 2.05) is 0 Å². The molecule has 0 bridgehead atoms. The summed E-state index contributed by atoms with van der Waals surface area (Å²) in [5, 5.41) is 12.1. The molecule has 0 atom stereocenters. The summed E-state index contributed by atoms with van der Waals surface area (Å²) < 4.78 is 44.6. The molecule has 0 aliphatic heterocycles. The first kappa shape index (κ1) is 18.8. The number of hydrogen-bond donors (Lipinski definition) is 2. The van der Waals surface area contributed by atoms with Gasteiger partial charge in [0.05, 0.1) is 24.1 Å². The molecule has 0 fully saturated rings. The molecule has 142 valence electrons. The average Bonchev–Trinajstić information content (AvgIpc) is 3.26. The molecular weight excluding hydrogens is 387 g/mol. The minimum absolute atomic E-state index is 0.0993. The molecule has 0 aliphatic carbocycles. The van der Waals surface area contributed by atoms with Crippen molar-refractivity contribution in [2.45, 2.75) is 17.9 Å². The van der Waals surface area contributed by atoms with E-state index in [1.165, 1.54) is 12.3 Å². The molecule has 12 heteroatoms. The average molecular weight is 399 g/mol. The van der Waals surface area contributed by atoms with Crippen LogP contribution in [0, 0.1) is 0 Å². The summed E-state index contributed by atoms with van der Waals surface area (Å²) in [5.74, 6) is -0.353. The van der Waals surface area contributed by atoms with Crippen molar-refractivity contribution < 1.29 is 27.2 Å². The van der Waals surface area contributed by atoms with Crippen LogP contribution in [0.3, 0.4) is 0 Å². The second-order valence-corrected chi connectivity index (χ2v) is 6.17. The number of furan rings is 1. The van der Waals surface area contributed by atoms with Gasteiger partial charge in [-0.25, -0.2) is 4.79 Å². The van der Waals surface area contributed by atoms with E-state index in [1.54, 1.807) is 12.1 Å². The molecule has 27 heavy (non-hydrogen) atoms. The molecule has 0 spiro atoms. The first-order valence-electron chi connectivity index (χ1n) is 7.48. The van der Waals surface area contributed by atoms with Crippen molar-refractivity contribution in [3.8, 4) is 0 Å². The molecule has 0 aromatic carbocycles. The second kappa shape index (κ2) is 7.70. The summed E-state index contributed by atoms with van der Waals surface area (Å²) in [6.45, 7) is 0.105. The molecule has 0 radical (unpaired) electrons. The highest BCUT2D eigenvalue weighted by molar-refractivity contribution is 7.99. The summed E-state index contributed by atoms with van der Waals surface area (Å²) in [4.78, 5) is 23.4. The third kappa shape index (κ3) is 4.78. The number of nitrogens with zero attached hydrogens (tertiary/aromatic N) is 3. The van der Waals surface area contributed by atoms with Gasteiger partial charge in [-0.1, -0.05) is 11.8 Å². The predicted molar refractivity (Wildman–Crippen MR) is 87.8 cm³/mol. The number of carbonyl (C=O) groups is 2. The summed E-state index contributed by atoms with van der Waals surface area (Å²) in [7, 11) is 0. The van der Waals surface area contributed by atoms with E-state index in [2.05, 4.69) is 20.8 Å². The molecule has 3 rings (SSSR count). The number of pyridine rings is 1. The maximum absolute atomic E-state index is 12.8. The minimum atomic E-state index is -4.51. The van der Waals surface area contributed by atoms with Gasteiger partial charge < -0.3 is 9.73 Å². The Bertz CT molecular complexity index is 955. The van der Waals surface area contributed by atoms with Gasteiger partial charge in [0, 0.05) is 6.20 Å². The summed E-state index contributed by atoms with van der Waals surface area (Å²) in [5.41, 5.74) is -0.652. The molecule has 0 saturated carbocycles. The molecule has 8 nitrogen and oxygen atoms in total. The zero-order valence-electron chi connectivity index (χ0n) is 13.5. The van der Waals surface area contributed by atoms with Crippen LogP contribution in [0.15, 0.2) is 46.3 Å². The quantitative estimate of drug-likeness (QED) is 0.639. The number of rotatable bonds is 5. The van der Waals surface area contributed by atoms with Crippen LogP contribution in [0.4, 0.5) is 18.0 Å². The fourth-order valence-corrected chi connectivity index (χ4v) is 2.77. The third-order valence-corrected chi connectivity index (χ3v) is 4.23. The van der Waals surface area contributed by atoms with Crippen LogP contribution in [0.2, 0.25) is 0 Å². The lowest BCUT2D eigenvalue weighted by Gasteiger charge is -2.07. The lowest BCUT2D eigenvalue weighted by molar-refractivity contribution is -0.137. The monoisotopic (exact) mass is 399 g/mol. The SMILES string of the molecule is O=C(CSc1nnc2ccc(C(F)(F)F)cn12)NC(=O)NCc1ccco1. The van der Waals surface area contributed by atoms with Crippen LogP contribution in [-0.2, 0) is 17.5 Å². The van der Waals surface area contributed by atoms with Crippen molar-refractivity contribution in [3.05, 3.63) is 48.0 Å². The van der Waals surface area contributed by atoms with Gasteiger partial charge in [-0.3, -0.25) is 14.5 Å². The summed E-state index contributed by atoms with van der Waals surface area (Å²) >= 11 is 0.853. The van der Waals surface area contributed by atoms with Crippen LogP contribution >= 0.6 is 11.8 Å². The normalized spacial score (nSPS) is 11.5. The standard InChI is InChI=1S/C15H12F3N5O3S/c16-15(17,18)9-3-4-11-21-22-14(23(11)7-9)27-8-12(24)20-13(25)19-6-10-2-1-5-26-10/h1-5,7H,6,8H2,(H2,19,20,24,25). The van der Waals surface area contributed by atoms with Gasteiger partial charge in [-0.2, -0.15) is 13.2 Å². The first-order chi connectivity index (χ1) is 12.8. The molecule has 0 aliphatic rings. The minimum Gasteiger partial charge on any atom is -0.467 e. The van der Waals surface area contributed by atoms with Gasteiger partial charge >= 0.3 is 12.2 Å². The topological polar surface area (TPSA) is 102 Å². The Morgan fingerprint density at radius 1 is 1.22 bits per heavy atom. The summed E-state index contributed by atoms with van der Waals surface area (Å²) in [6, 6.07) is 4.67. The van der Waals surface area contributed by atoms with Crippen molar-refractivity contribution in [1.82, 2.24) is 25.2 Å². The Kier molecular flexibility index (Phi) is 5.35. The molecule has 3 aromatic rings. The lowest BCUT2D eigenvalue weighted by atomic mass is 10.3. The highest BCUT2D eigenvalue weighted by atomic mass is 32.2. The van der Waals surface area contributed by atoms with Crippen molar-refractivity contribution >= 4 is 29.3 Å². The van der Waals surface area contributed by atoms with E-state index < -0.39 is 23.7 Å². The number of carbonyl (C=O) groups excluding carboxylic acids is 2. The second-order valence-electron chi connectivity index (χ2n) is 5.23. The zero-order chi connectivity index (χ0) is 19.4. The van der Waals surface area contributed by atoms with E-state index in [9.17, 15) is 22.8 Å². The Labute approximate surface area is 154 Å². The highest BCUT2D eigenvalue weighted by Gasteiger charge is 2.31. The van der Waals surface area contributed by atoms with Crippen LogP contribution in [0.25, 0.3) is 5.65 Å². The number of thioether (sulfide) groups is 1.